The number of anilines is 1. The highest BCUT2D eigenvalue weighted by Crippen LogP contribution is 2.18. The molecule has 0 saturated heterocycles. The summed E-state index contributed by atoms with van der Waals surface area (Å²) in [7, 11) is 0. The summed E-state index contributed by atoms with van der Waals surface area (Å²) in [6.45, 7) is 3.64. The molecule has 0 radical (unpaired) electrons. The van der Waals surface area contributed by atoms with E-state index < -0.39 is 0 Å². The van der Waals surface area contributed by atoms with Gasteiger partial charge in [-0.25, -0.2) is 0 Å². The van der Waals surface area contributed by atoms with Gasteiger partial charge >= 0.3 is 0 Å². The minimum absolute atomic E-state index is 0.0483. The minimum Gasteiger partial charge on any atom is -0.398 e. The van der Waals surface area contributed by atoms with Crippen LogP contribution in [0.4, 0.5) is 5.69 Å². The zero-order chi connectivity index (χ0) is 13.7. The van der Waals surface area contributed by atoms with Crippen molar-refractivity contribution in [3.63, 3.8) is 0 Å². The van der Waals surface area contributed by atoms with E-state index in [2.05, 4.69) is 26.6 Å². The lowest BCUT2D eigenvalue weighted by molar-refractivity contribution is -0.120. The molecule has 5 nitrogen and oxygen atoms in total. The van der Waals surface area contributed by atoms with Gasteiger partial charge in [-0.1, -0.05) is 15.9 Å². The van der Waals surface area contributed by atoms with Crippen molar-refractivity contribution in [3.05, 3.63) is 28.2 Å². The Hall–Kier alpha value is -1.56. The second-order valence-corrected chi connectivity index (χ2v) is 5.05. The van der Waals surface area contributed by atoms with E-state index in [1.807, 2.05) is 13.8 Å². The summed E-state index contributed by atoms with van der Waals surface area (Å²) >= 11 is 3.26. The van der Waals surface area contributed by atoms with Gasteiger partial charge in [0, 0.05) is 16.2 Å². The molecular weight excluding hydrogens is 298 g/mol. The molecule has 2 amide bonds. The molecule has 1 aromatic rings. The molecule has 0 unspecified atom stereocenters. The van der Waals surface area contributed by atoms with Crippen LogP contribution in [0.1, 0.15) is 24.2 Å². The molecule has 0 saturated carbocycles. The molecule has 4 N–H and O–H groups in total. The second kappa shape index (κ2) is 6.39. The van der Waals surface area contributed by atoms with E-state index in [-0.39, 0.29) is 24.4 Å². The monoisotopic (exact) mass is 313 g/mol. The van der Waals surface area contributed by atoms with Crippen LogP contribution in [-0.4, -0.2) is 24.4 Å². The number of amides is 2. The number of hydrogen-bond donors (Lipinski definition) is 3. The van der Waals surface area contributed by atoms with E-state index >= 15 is 0 Å². The molecule has 1 rings (SSSR count). The summed E-state index contributed by atoms with van der Waals surface area (Å²) in [5, 5.41) is 5.20. The van der Waals surface area contributed by atoms with E-state index in [1.54, 1.807) is 18.2 Å². The van der Waals surface area contributed by atoms with Crippen molar-refractivity contribution in [2.75, 3.05) is 12.3 Å². The van der Waals surface area contributed by atoms with Gasteiger partial charge < -0.3 is 16.4 Å². The van der Waals surface area contributed by atoms with Gasteiger partial charge in [0.1, 0.15) is 0 Å². The van der Waals surface area contributed by atoms with Gasteiger partial charge in [-0.05, 0) is 32.0 Å². The topological polar surface area (TPSA) is 84.2 Å². The number of hydrogen-bond acceptors (Lipinski definition) is 3. The van der Waals surface area contributed by atoms with Gasteiger partial charge in [0.25, 0.3) is 5.91 Å². The summed E-state index contributed by atoms with van der Waals surface area (Å²) in [5.74, 6) is -0.590. The zero-order valence-corrected chi connectivity index (χ0v) is 11.9. The van der Waals surface area contributed by atoms with Crippen LogP contribution < -0.4 is 16.4 Å². The first-order valence-corrected chi connectivity index (χ1v) is 6.32. The largest absolute Gasteiger partial charge is 0.398 e. The molecule has 0 fully saturated rings. The Balaban J connectivity index is 2.58. The zero-order valence-electron chi connectivity index (χ0n) is 10.3. The number of benzene rings is 1. The maximum absolute atomic E-state index is 11.8. The Kier molecular flexibility index (Phi) is 5.15. The Morgan fingerprint density at radius 2 is 2.06 bits per heavy atom. The van der Waals surface area contributed by atoms with Crippen LogP contribution in [0.25, 0.3) is 0 Å². The molecular formula is C12H16BrN3O2. The predicted octanol–water partition coefficient (Wildman–Crippen LogP) is 1.29. The fourth-order valence-corrected chi connectivity index (χ4v) is 1.75. The van der Waals surface area contributed by atoms with E-state index in [9.17, 15) is 9.59 Å². The van der Waals surface area contributed by atoms with Crippen molar-refractivity contribution in [1.29, 1.82) is 0 Å². The summed E-state index contributed by atoms with van der Waals surface area (Å²) in [4.78, 5) is 23.1. The number of halogens is 1. The quantitative estimate of drug-likeness (QED) is 0.732. The van der Waals surface area contributed by atoms with Gasteiger partial charge in [-0.15, -0.1) is 0 Å². The molecule has 0 aromatic heterocycles. The molecule has 18 heavy (non-hydrogen) atoms. The smallest absolute Gasteiger partial charge is 0.253 e. The lowest BCUT2D eigenvalue weighted by Gasteiger charge is -2.10. The molecule has 1 aromatic carbocycles. The summed E-state index contributed by atoms with van der Waals surface area (Å²) < 4.78 is 0.800. The van der Waals surface area contributed by atoms with Crippen molar-refractivity contribution >= 4 is 33.4 Å². The third-order valence-electron chi connectivity index (χ3n) is 2.12. The number of nitrogens with two attached hydrogens (primary N) is 1. The van der Waals surface area contributed by atoms with Gasteiger partial charge in [0.05, 0.1) is 12.1 Å². The first-order chi connectivity index (χ1) is 8.40. The highest BCUT2D eigenvalue weighted by atomic mass is 79.9. The van der Waals surface area contributed by atoms with Crippen molar-refractivity contribution in [2.24, 2.45) is 0 Å². The van der Waals surface area contributed by atoms with Gasteiger partial charge in [0.15, 0.2) is 0 Å². The van der Waals surface area contributed by atoms with Crippen molar-refractivity contribution < 1.29 is 9.59 Å². The van der Waals surface area contributed by atoms with Crippen LogP contribution in [0.5, 0.6) is 0 Å². The SMILES string of the molecule is CC(C)NC(=O)CNC(=O)c1ccc(Br)cc1N. The van der Waals surface area contributed by atoms with Crippen molar-refractivity contribution in [2.45, 2.75) is 19.9 Å². The molecule has 98 valence electrons. The Bertz CT molecular complexity index is 461. The maximum Gasteiger partial charge on any atom is 0.253 e. The summed E-state index contributed by atoms with van der Waals surface area (Å²) in [6, 6.07) is 5.02. The Morgan fingerprint density at radius 3 is 2.61 bits per heavy atom. The number of rotatable bonds is 4. The highest BCUT2D eigenvalue weighted by Gasteiger charge is 2.11. The van der Waals surface area contributed by atoms with Crippen LogP contribution in [0.15, 0.2) is 22.7 Å². The predicted molar refractivity (Wildman–Crippen MR) is 74.2 cm³/mol. The Morgan fingerprint density at radius 1 is 1.39 bits per heavy atom. The van der Waals surface area contributed by atoms with Crippen molar-refractivity contribution in [3.8, 4) is 0 Å². The van der Waals surface area contributed by atoms with E-state index in [0.717, 1.165) is 4.47 Å². The minimum atomic E-state index is -0.362. The van der Waals surface area contributed by atoms with Gasteiger partial charge in [-0.3, -0.25) is 9.59 Å². The first-order valence-electron chi connectivity index (χ1n) is 5.52. The average Bonchev–Trinajstić information content (AvgIpc) is 2.25. The lowest BCUT2D eigenvalue weighted by atomic mass is 10.1. The third kappa shape index (κ3) is 4.37. The summed E-state index contributed by atoms with van der Waals surface area (Å²) in [6.07, 6.45) is 0. The van der Waals surface area contributed by atoms with Crippen LogP contribution in [0, 0.1) is 0 Å². The fourth-order valence-electron chi connectivity index (χ4n) is 1.37. The second-order valence-electron chi connectivity index (χ2n) is 4.14. The van der Waals surface area contributed by atoms with Crippen LogP contribution in [-0.2, 0) is 4.79 Å². The standard InChI is InChI=1S/C12H16BrN3O2/c1-7(2)16-11(17)6-15-12(18)9-4-3-8(13)5-10(9)14/h3-5,7H,6,14H2,1-2H3,(H,15,18)(H,16,17). The lowest BCUT2D eigenvalue weighted by Crippen LogP contribution is -2.39. The van der Waals surface area contributed by atoms with E-state index in [1.165, 1.54) is 0 Å². The van der Waals surface area contributed by atoms with Crippen molar-refractivity contribution in [1.82, 2.24) is 10.6 Å². The Labute approximate surface area is 114 Å². The molecule has 0 bridgehead atoms. The maximum atomic E-state index is 11.8. The number of carbonyl (C=O) groups excluding carboxylic acids is 2. The van der Waals surface area contributed by atoms with Crippen LogP contribution in [0.3, 0.4) is 0 Å². The van der Waals surface area contributed by atoms with Crippen LogP contribution in [0.2, 0.25) is 0 Å². The van der Waals surface area contributed by atoms with Gasteiger partial charge in [0.2, 0.25) is 5.91 Å². The molecule has 0 aliphatic carbocycles. The average molecular weight is 314 g/mol. The van der Waals surface area contributed by atoms with Gasteiger partial charge in [-0.2, -0.15) is 0 Å². The fraction of sp³-hybridized carbons (Fsp3) is 0.333. The highest BCUT2D eigenvalue weighted by molar-refractivity contribution is 9.10. The summed E-state index contributed by atoms with van der Waals surface area (Å²) in [5.41, 5.74) is 6.44. The molecule has 0 aliphatic heterocycles. The molecule has 0 heterocycles. The molecule has 0 atom stereocenters. The van der Waals surface area contributed by atoms with Crippen LogP contribution >= 0.6 is 15.9 Å². The van der Waals surface area contributed by atoms with E-state index in [0.29, 0.717) is 11.3 Å². The first kappa shape index (κ1) is 14.5. The molecule has 6 heteroatoms. The number of carbonyl (C=O) groups is 2. The van der Waals surface area contributed by atoms with E-state index in [4.69, 9.17) is 5.73 Å². The number of nitrogens with one attached hydrogen (secondary N) is 2. The molecule has 0 spiro atoms. The molecule has 0 aliphatic rings. The normalized spacial score (nSPS) is 10.2. The third-order valence-corrected chi connectivity index (χ3v) is 2.61. The number of nitrogen functional groups attached to an aromatic ring is 1.